The van der Waals surface area contributed by atoms with Crippen molar-refractivity contribution in [2.24, 2.45) is 11.7 Å². The van der Waals surface area contributed by atoms with E-state index in [1.807, 2.05) is 13.8 Å². The lowest BCUT2D eigenvalue weighted by Crippen LogP contribution is -2.48. The zero-order valence-corrected chi connectivity index (χ0v) is 10.5. The number of amides is 2. The highest BCUT2D eigenvalue weighted by atomic mass is 32.1. The summed E-state index contributed by atoms with van der Waals surface area (Å²) >= 11 is 4.03. The first-order chi connectivity index (χ1) is 6.91. The summed E-state index contributed by atoms with van der Waals surface area (Å²) in [5, 5.41) is 0. The highest BCUT2D eigenvalue weighted by Crippen LogP contribution is 2.10. The maximum atomic E-state index is 11.6. The third-order valence-corrected chi connectivity index (χ3v) is 2.60. The Morgan fingerprint density at radius 3 is 2.27 bits per heavy atom. The number of nitrogens with two attached hydrogens (primary N) is 1. The molecule has 0 rings (SSSR count). The molecule has 0 radical (unpaired) electrons. The van der Waals surface area contributed by atoms with E-state index in [1.54, 1.807) is 7.05 Å². The Morgan fingerprint density at radius 2 is 1.93 bits per heavy atom. The van der Waals surface area contributed by atoms with E-state index in [4.69, 9.17) is 5.73 Å². The molecule has 15 heavy (non-hydrogen) atoms. The molecule has 0 fully saturated rings. The Morgan fingerprint density at radius 1 is 1.40 bits per heavy atom. The van der Waals surface area contributed by atoms with E-state index in [0.717, 1.165) is 6.42 Å². The van der Waals surface area contributed by atoms with Crippen LogP contribution in [-0.4, -0.2) is 35.6 Å². The summed E-state index contributed by atoms with van der Waals surface area (Å²) in [6.07, 6.45) is 1.13. The fourth-order valence-electron chi connectivity index (χ4n) is 1.53. The maximum Gasteiger partial charge on any atom is 0.240 e. The normalized spacial score (nSPS) is 12.6. The summed E-state index contributed by atoms with van der Waals surface area (Å²) in [6.45, 7) is 3.75. The first-order valence-electron chi connectivity index (χ1n) is 5.07. The van der Waals surface area contributed by atoms with Gasteiger partial charge in [-0.3, -0.25) is 9.59 Å². The molecule has 0 aromatic carbocycles. The van der Waals surface area contributed by atoms with Gasteiger partial charge < -0.3 is 10.6 Å². The molecular weight excluding hydrogens is 212 g/mol. The summed E-state index contributed by atoms with van der Waals surface area (Å²) in [7, 11) is 1.62. The number of rotatable bonds is 6. The van der Waals surface area contributed by atoms with E-state index in [1.165, 1.54) is 4.90 Å². The van der Waals surface area contributed by atoms with Crippen LogP contribution < -0.4 is 5.73 Å². The standard InChI is InChI=1S/C10H20N2O2S/c1-7(2)9(10(11)14)12(3)8(13)5-4-6-15/h7,9,15H,4-6H2,1-3H3,(H2,11,14)/t9-/m1/s1. The van der Waals surface area contributed by atoms with Crippen LogP contribution in [0.3, 0.4) is 0 Å². The Balaban J connectivity index is 4.43. The predicted molar refractivity (Wildman–Crippen MR) is 63.7 cm³/mol. The van der Waals surface area contributed by atoms with Crippen LogP contribution in [0.15, 0.2) is 0 Å². The van der Waals surface area contributed by atoms with Gasteiger partial charge in [0, 0.05) is 13.5 Å². The number of carbonyl (C=O) groups excluding carboxylic acids is 2. The van der Waals surface area contributed by atoms with Crippen LogP contribution in [0, 0.1) is 5.92 Å². The zero-order chi connectivity index (χ0) is 12.0. The second-order valence-corrected chi connectivity index (χ2v) is 4.37. The number of nitrogens with zero attached hydrogens (tertiary/aromatic N) is 1. The topological polar surface area (TPSA) is 63.4 Å². The van der Waals surface area contributed by atoms with E-state index in [9.17, 15) is 9.59 Å². The quantitative estimate of drug-likeness (QED) is 0.661. The first kappa shape index (κ1) is 14.3. The van der Waals surface area contributed by atoms with E-state index in [-0.39, 0.29) is 11.8 Å². The third kappa shape index (κ3) is 4.55. The van der Waals surface area contributed by atoms with E-state index < -0.39 is 11.9 Å². The van der Waals surface area contributed by atoms with Gasteiger partial charge in [-0.25, -0.2) is 0 Å². The number of likely N-dealkylation sites (N-methyl/N-ethyl adjacent to an activating group) is 1. The van der Waals surface area contributed by atoms with Crippen molar-refractivity contribution in [2.75, 3.05) is 12.8 Å². The van der Waals surface area contributed by atoms with E-state index >= 15 is 0 Å². The highest BCUT2D eigenvalue weighted by Gasteiger charge is 2.27. The molecule has 4 nitrogen and oxygen atoms in total. The molecule has 88 valence electrons. The van der Waals surface area contributed by atoms with Gasteiger partial charge in [0.2, 0.25) is 11.8 Å². The summed E-state index contributed by atoms with van der Waals surface area (Å²) in [5.41, 5.74) is 5.26. The van der Waals surface area contributed by atoms with Gasteiger partial charge >= 0.3 is 0 Å². The molecule has 0 aromatic rings. The summed E-state index contributed by atoms with van der Waals surface area (Å²) < 4.78 is 0. The van der Waals surface area contributed by atoms with Crippen molar-refractivity contribution in [3.05, 3.63) is 0 Å². The molecule has 0 bridgehead atoms. The molecule has 2 amide bonds. The molecule has 2 N–H and O–H groups in total. The number of hydrogen-bond donors (Lipinski definition) is 2. The minimum Gasteiger partial charge on any atom is -0.368 e. The average molecular weight is 232 g/mol. The second-order valence-electron chi connectivity index (χ2n) is 3.92. The lowest BCUT2D eigenvalue weighted by Gasteiger charge is -2.28. The van der Waals surface area contributed by atoms with Crippen LogP contribution in [0.1, 0.15) is 26.7 Å². The van der Waals surface area contributed by atoms with Gasteiger partial charge in [-0.15, -0.1) is 0 Å². The number of hydrogen-bond acceptors (Lipinski definition) is 3. The molecule has 0 spiro atoms. The number of primary amides is 1. The van der Waals surface area contributed by atoms with Crippen molar-refractivity contribution >= 4 is 24.4 Å². The van der Waals surface area contributed by atoms with Crippen molar-refractivity contribution in [3.63, 3.8) is 0 Å². The smallest absolute Gasteiger partial charge is 0.240 e. The third-order valence-electron chi connectivity index (χ3n) is 2.28. The lowest BCUT2D eigenvalue weighted by atomic mass is 10.0. The van der Waals surface area contributed by atoms with Crippen LogP contribution in [-0.2, 0) is 9.59 Å². The SMILES string of the molecule is CC(C)[C@H](C(N)=O)N(C)C(=O)CCCS. The largest absolute Gasteiger partial charge is 0.368 e. The number of carbonyl (C=O) groups is 2. The van der Waals surface area contributed by atoms with Gasteiger partial charge in [0.05, 0.1) is 0 Å². The van der Waals surface area contributed by atoms with E-state index in [0.29, 0.717) is 12.2 Å². The number of thiol groups is 1. The fraction of sp³-hybridized carbons (Fsp3) is 0.800. The van der Waals surface area contributed by atoms with Crippen molar-refractivity contribution in [1.29, 1.82) is 0 Å². The first-order valence-corrected chi connectivity index (χ1v) is 5.70. The molecule has 0 aliphatic carbocycles. The van der Waals surface area contributed by atoms with Crippen LogP contribution in [0.5, 0.6) is 0 Å². The minimum atomic E-state index is -0.516. The molecule has 0 unspecified atom stereocenters. The highest BCUT2D eigenvalue weighted by molar-refractivity contribution is 7.80. The van der Waals surface area contributed by atoms with E-state index in [2.05, 4.69) is 12.6 Å². The molecule has 0 heterocycles. The van der Waals surface area contributed by atoms with Gasteiger partial charge in [-0.1, -0.05) is 13.8 Å². The predicted octanol–water partition coefficient (Wildman–Crippen LogP) is 0.665. The van der Waals surface area contributed by atoms with Crippen LogP contribution in [0.2, 0.25) is 0 Å². The van der Waals surface area contributed by atoms with Crippen LogP contribution >= 0.6 is 12.6 Å². The molecule has 5 heteroatoms. The van der Waals surface area contributed by atoms with Crippen molar-refractivity contribution in [2.45, 2.75) is 32.7 Å². The Labute approximate surface area is 96.6 Å². The van der Waals surface area contributed by atoms with Crippen molar-refractivity contribution < 1.29 is 9.59 Å². The lowest BCUT2D eigenvalue weighted by molar-refractivity contribution is -0.139. The molecule has 0 saturated carbocycles. The monoisotopic (exact) mass is 232 g/mol. The van der Waals surface area contributed by atoms with Crippen molar-refractivity contribution in [3.8, 4) is 0 Å². The van der Waals surface area contributed by atoms with Gasteiger partial charge in [0.1, 0.15) is 6.04 Å². The Kier molecular flexibility index (Phi) is 6.40. The van der Waals surface area contributed by atoms with Gasteiger partial charge in [0.15, 0.2) is 0 Å². The fourth-order valence-corrected chi connectivity index (χ4v) is 1.69. The summed E-state index contributed by atoms with van der Waals surface area (Å²) in [5.74, 6) is 0.198. The molecule has 0 saturated heterocycles. The summed E-state index contributed by atoms with van der Waals surface area (Å²) in [6, 6.07) is -0.516. The molecule has 1 atom stereocenters. The van der Waals surface area contributed by atoms with Gasteiger partial charge in [0.25, 0.3) is 0 Å². The molecular formula is C10H20N2O2S. The van der Waals surface area contributed by atoms with Gasteiger partial charge in [-0.2, -0.15) is 12.6 Å². The van der Waals surface area contributed by atoms with Gasteiger partial charge in [-0.05, 0) is 18.1 Å². The second kappa shape index (κ2) is 6.71. The average Bonchev–Trinajstić information content (AvgIpc) is 2.12. The Hall–Kier alpha value is -0.710. The minimum absolute atomic E-state index is 0.0347. The maximum absolute atomic E-state index is 11.6. The molecule has 0 aliphatic rings. The van der Waals surface area contributed by atoms with Crippen molar-refractivity contribution in [1.82, 2.24) is 4.90 Å². The molecule has 0 aromatic heterocycles. The molecule has 0 aliphatic heterocycles. The summed E-state index contributed by atoms with van der Waals surface area (Å²) in [4.78, 5) is 24.3. The van der Waals surface area contributed by atoms with Crippen LogP contribution in [0.25, 0.3) is 0 Å². The zero-order valence-electron chi connectivity index (χ0n) is 9.56. The Bertz CT molecular complexity index is 231. The van der Waals surface area contributed by atoms with Crippen LogP contribution in [0.4, 0.5) is 0 Å².